The van der Waals surface area contributed by atoms with Gasteiger partial charge in [0.2, 0.25) is 8.32 Å². The number of fused-ring (bicyclic) bond motifs is 1. The van der Waals surface area contributed by atoms with E-state index in [9.17, 15) is 0 Å². The molecule has 3 nitrogen and oxygen atoms in total. The number of nitrogens with one attached hydrogen (secondary N) is 1. The fraction of sp³-hybridized carbons (Fsp3) is 0.611. The van der Waals surface area contributed by atoms with Crippen LogP contribution in [0.2, 0.25) is 16.1 Å². The maximum absolute atomic E-state index is 6.73. The van der Waals surface area contributed by atoms with Crippen molar-refractivity contribution in [2.75, 3.05) is 0 Å². The maximum Gasteiger partial charge on any atom is 0.203 e. The maximum atomic E-state index is 6.73. The highest BCUT2D eigenvalue weighted by molar-refractivity contribution is 9.10. The molecule has 2 aromatic heterocycles. The summed E-state index contributed by atoms with van der Waals surface area (Å²) in [7, 11) is -1.94. The molecule has 0 fully saturated rings. The summed E-state index contributed by atoms with van der Waals surface area (Å²) in [5.74, 6) is 0. The van der Waals surface area contributed by atoms with E-state index in [2.05, 4.69) is 86.5 Å². The van der Waals surface area contributed by atoms with Crippen molar-refractivity contribution in [3.05, 3.63) is 28.5 Å². The van der Waals surface area contributed by atoms with E-state index in [1.54, 1.807) is 0 Å². The molecular weight excluding hydrogens is 368 g/mol. The zero-order chi connectivity index (χ0) is 17.4. The molecule has 2 aromatic rings. The van der Waals surface area contributed by atoms with Crippen LogP contribution in [0.1, 0.15) is 54.2 Å². The Morgan fingerprint density at radius 2 is 1.78 bits per heavy atom. The van der Waals surface area contributed by atoms with Crippen molar-refractivity contribution in [3.63, 3.8) is 0 Å². The van der Waals surface area contributed by atoms with Gasteiger partial charge in [0.1, 0.15) is 4.60 Å². The minimum absolute atomic E-state index is 0.197. The molecule has 0 saturated heterocycles. The minimum atomic E-state index is -1.94. The summed E-state index contributed by atoms with van der Waals surface area (Å²) in [4.78, 5) is 7.94. The molecule has 2 rings (SSSR count). The first kappa shape index (κ1) is 18.7. The van der Waals surface area contributed by atoms with Crippen LogP contribution in [0, 0.1) is 0 Å². The van der Waals surface area contributed by atoms with Gasteiger partial charge in [-0.05, 0) is 50.2 Å². The molecule has 0 bridgehead atoms. The molecule has 0 aliphatic rings. The second kappa shape index (κ2) is 6.69. The van der Waals surface area contributed by atoms with Gasteiger partial charge in [0.05, 0.1) is 17.6 Å². The molecule has 5 heteroatoms. The van der Waals surface area contributed by atoms with E-state index in [-0.39, 0.29) is 5.04 Å². The lowest BCUT2D eigenvalue weighted by Gasteiger charge is -2.48. The van der Waals surface area contributed by atoms with E-state index in [0.717, 1.165) is 21.3 Å². The summed E-state index contributed by atoms with van der Waals surface area (Å²) in [6.07, 6.45) is 0. The van der Waals surface area contributed by atoms with Crippen molar-refractivity contribution in [3.8, 4) is 0 Å². The largest absolute Gasteiger partial charge is 0.410 e. The molecule has 0 aliphatic heterocycles. The quantitative estimate of drug-likeness (QED) is 0.468. The third-order valence-corrected chi connectivity index (χ3v) is 11.7. The molecule has 0 unspecified atom stereocenters. The highest BCUT2D eigenvalue weighted by Gasteiger charge is 2.51. The average Bonchev–Trinajstić information content (AvgIpc) is 2.78. The molecule has 23 heavy (non-hydrogen) atoms. The van der Waals surface area contributed by atoms with Gasteiger partial charge < -0.3 is 9.41 Å². The number of rotatable bonds is 5. The summed E-state index contributed by atoms with van der Waals surface area (Å²) >= 11 is 3.43. The van der Waals surface area contributed by atoms with Gasteiger partial charge in [0.25, 0.3) is 0 Å². The van der Waals surface area contributed by atoms with Crippen LogP contribution in [0.4, 0.5) is 0 Å². The lowest BCUT2D eigenvalue weighted by Crippen LogP contribution is -2.52. The SMILES string of the molecule is CC(C)[Si](OCc1cc2nc(Br)ccc2[nH]1)(C(C)C)C(C)(C)C. The van der Waals surface area contributed by atoms with Crippen LogP contribution in [0.3, 0.4) is 0 Å². The van der Waals surface area contributed by atoms with E-state index < -0.39 is 8.32 Å². The van der Waals surface area contributed by atoms with Crippen LogP contribution in [-0.2, 0) is 11.0 Å². The normalized spacial score (nSPS) is 13.5. The van der Waals surface area contributed by atoms with Crippen LogP contribution in [0.15, 0.2) is 22.8 Å². The predicted octanol–water partition coefficient (Wildman–Crippen LogP) is 6.41. The first-order valence-corrected chi connectivity index (χ1v) is 11.2. The van der Waals surface area contributed by atoms with Crippen molar-refractivity contribution in [1.82, 2.24) is 9.97 Å². The first-order chi connectivity index (χ1) is 10.6. The molecule has 0 atom stereocenters. The second-order valence-corrected chi connectivity index (χ2v) is 14.5. The van der Waals surface area contributed by atoms with E-state index in [0.29, 0.717) is 17.7 Å². The van der Waals surface area contributed by atoms with Crippen molar-refractivity contribution < 1.29 is 4.43 Å². The van der Waals surface area contributed by atoms with Gasteiger partial charge in [0, 0.05) is 5.69 Å². The van der Waals surface area contributed by atoms with Crippen LogP contribution in [0.25, 0.3) is 11.0 Å². The number of nitrogens with zero attached hydrogens (tertiary/aromatic N) is 1. The van der Waals surface area contributed by atoms with Crippen LogP contribution in [-0.4, -0.2) is 18.3 Å². The van der Waals surface area contributed by atoms with Gasteiger partial charge in [0.15, 0.2) is 0 Å². The van der Waals surface area contributed by atoms with E-state index >= 15 is 0 Å². The Hall–Kier alpha value is -0.653. The van der Waals surface area contributed by atoms with Crippen molar-refractivity contribution >= 4 is 35.3 Å². The molecule has 0 aliphatic carbocycles. The van der Waals surface area contributed by atoms with Gasteiger partial charge in [-0.2, -0.15) is 0 Å². The monoisotopic (exact) mass is 396 g/mol. The molecule has 1 N–H and O–H groups in total. The highest BCUT2D eigenvalue weighted by Crippen LogP contribution is 2.51. The summed E-state index contributed by atoms with van der Waals surface area (Å²) in [5.41, 5.74) is 4.28. The number of H-pyrrole nitrogens is 1. The molecule has 0 radical (unpaired) electrons. The van der Waals surface area contributed by atoms with Gasteiger partial charge in [-0.25, -0.2) is 4.98 Å². The number of pyridine rings is 1. The standard InChI is InChI=1S/C18H29BrN2OSi/c1-12(2)23(13(3)4,18(5,6)7)22-11-14-10-16-15(20-14)8-9-17(19)21-16/h8-10,12-13,20H,11H2,1-7H3. The Labute approximate surface area is 149 Å². The molecule has 0 aromatic carbocycles. The van der Waals surface area contributed by atoms with Crippen LogP contribution in [0.5, 0.6) is 0 Å². The fourth-order valence-electron chi connectivity index (χ4n) is 4.26. The summed E-state index contributed by atoms with van der Waals surface area (Å²) in [6.45, 7) is 16.9. The summed E-state index contributed by atoms with van der Waals surface area (Å²) in [6, 6.07) is 6.11. The van der Waals surface area contributed by atoms with Gasteiger partial charge in [-0.3, -0.25) is 0 Å². The van der Waals surface area contributed by atoms with E-state index in [1.807, 2.05) is 6.07 Å². The van der Waals surface area contributed by atoms with E-state index in [1.165, 1.54) is 0 Å². The number of aromatic nitrogens is 2. The number of halogens is 1. The van der Waals surface area contributed by atoms with Crippen LogP contribution < -0.4 is 0 Å². The molecule has 0 spiro atoms. The fourth-order valence-corrected chi connectivity index (χ4v) is 10.9. The Morgan fingerprint density at radius 1 is 1.17 bits per heavy atom. The van der Waals surface area contributed by atoms with Gasteiger partial charge in [-0.1, -0.05) is 48.5 Å². The van der Waals surface area contributed by atoms with Gasteiger partial charge in [-0.15, -0.1) is 0 Å². The smallest absolute Gasteiger partial charge is 0.203 e. The Bertz CT molecular complexity index is 665. The molecular formula is C18H29BrN2OSi. The lowest BCUT2D eigenvalue weighted by molar-refractivity contribution is 0.249. The molecule has 128 valence electrons. The highest BCUT2D eigenvalue weighted by atomic mass is 79.9. The average molecular weight is 397 g/mol. The second-order valence-electron chi connectivity index (χ2n) is 8.00. The number of hydrogen-bond acceptors (Lipinski definition) is 2. The van der Waals surface area contributed by atoms with Crippen molar-refractivity contribution in [2.24, 2.45) is 0 Å². The summed E-state index contributed by atoms with van der Waals surface area (Å²) in [5, 5.41) is 0.197. The third-order valence-electron chi connectivity index (χ3n) is 4.85. The lowest BCUT2D eigenvalue weighted by atomic mass is 10.2. The Morgan fingerprint density at radius 3 is 2.30 bits per heavy atom. The molecule has 0 amide bonds. The Kier molecular flexibility index (Phi) is 5.43. The first-order valence-electron chi connectivity index (χ1n) is 8.36. The number of hydrogen-bond donors (Lipinski definition) is 1. The summed E-state index contributed by atoms with van der Waals surface area (Å²) < 4.78 is 7.59. The minimum Gasteiger partial charge on any atom is -0.410 e. The van der Waals surface area contributed by atoms with Crippen LogP contribution >= 0.6 is 15.9 Å². The zero-order valence-corrected chi connectivity index (χ0v) is 17.9. The third kappa shape index (κ3) is 3.56. The zero-order valence-electron chi connectivity index (χ0n) is 15.3. The predicted molar refractivity (Wildman–Crippen MR) is 104 cm³/mol. The van der Waals surface area contributed by atoms with Crippen molar-refractivity contribution in [1.29, 1.82) is 0 Å². The van der Waals surface area contributed by atoms with E-state index in [4.69, 9.17) is 4.43 Å². The van der Waals surface area contributed by atoms with Gasteiger partial charge >= 0.3 is 0 Å². The topological polar surface area (TPSA) is 37.9 Å². The Balaban J connectivity index is 2.29. The number of aromatic amines is 1. The van der Waals surface area contributed by atoms with Crippen molar-refractivity contribution in [2.45, 2.75) is 71.2 Å². The molecule has 2 heterocycles. The molecule has 0 saturated carbocycles.